The molecular formula is C20H14N2O2. The van der Waals surface area contributed by atoms with Gasteiger partial charge in [0.2, 0.25) is 0 Å². The van der Waals surface area contributed by atoms with Crippen molar-refractivity contribution >= 4 is 32.9 Å². The summed E-state index contributed by atoms with van der Waals surface area (Å²) in [5, 5.41) is 15.3. The van der Waals surface area contributed by atoms with E-state index in [1.807, 2.05) is 60.7 Å². The van der Waals surface area contributed by atoms with Crippen molar-refractivity contribution in [2.75, 3.05) is 5.73 Å². The second-order valence-corrected chi connectivity index (χ2v) is 5.69. The van der Waals surface area contributed by atoms with Crippen LogP contribution in [-0.2, 0) is 0 Å². The average Bonchev–Trinajstić information content (AvgIpc) is 2.61. The van der Waals surface area contributed by atoms with E-state index in [0.717, 1.165) is 21.5 Å². The molecule has 4 nitrogen and oxygen atoms in total. The van der Waals surface area contributed by atoms with Crippen LogP contribution in [0.1, 0.15) is 0 Å². The summed E-state index contributed by atoms with van der Waals surface area (Å²) in [6.45, 7) is 0. The normalized spacial score (nSPS) is 11.0. The summed E-state index contributed by atoms with van der Waals surface area (Å²) in [5.41, 5.74) is 8.28. The quantitative estimate of drug-likeness (QED) is 0.316. The van der Waals surface area contributed by atoms with Gasteiger partial charge in [-0.05, 0) is 22.2 Å². The minimum Gasteiger partial charge on any atom is -0.398 e. The highest BCUT2D eigenvalue weighted by atomic mass is 16.6. The molecule has 0 aliphatic carbocycles. The van der Waals surface area contributed by atoms with Gasteiger partial charge in [0.05, 0.1) is 10.5 Å². The standard InChI is InChI=1S/C20H14N2O2/c21-20-16-8-4-2-6-14(16)9-11-17(20)19-15-7-3-1-5-13(15)10-12-18(19)22(23)24/h1-12H,21H2. The zero-order valence-corrected chi connectivity index (χ0v) is 12.8. The number of anilines is 1. The number of nitro groups is 1. The summed E-state index contributed by atoms with van der Waals surface area (Å²) in [6, 6.07) is 22.6. The smallest absolute Gasteiger partial charge is 0.277 e. The zero-order valence-electron chi connectivity index (χ0n) is 12.8. The average molecular weight is 314 g/mol. The minimum absolute atomic E-state index is 0.0654. The first kappa shape index (κ1) is 14.2. The van der Waals surface area contributed by atoms with Crippen molar-refractivity contribution in [1.82, 2.24) is 0 Å². The van der Waals surface area contributed by atoms with E-state index in [4.69, 9.17) is 5.73 Å². The van der Waals surface area contributed by atoms with Crippen LogP contribution in [0.4, 0.5) is 11.4 Å². The lowest BCUT2D eigenvalue weighted by molar-refractivity contribution is -0.384. The SMILES string of the molecule is Nc1c(-c2c([N+](=O)[O-])ccc3ccccc23)ccc2ccccc12. The lowest BCUT2D eigenvalue weighted by atomic mass is 9.93. The Morgan fingerprint density at radius 3 is 2.04 bits per heavy atom. The van der Waals surface area contributed by atoms with Gasteiger partial charge in [0.15, 0.2) is 0 Å². The van der Waals surface area contributed by atoms with Crippen molar-refractivity contribution in [1.29, 1.82) is 0 Å². The number of hydrogen-bond acceptors (Lipinski definition) is 3. The highest BCUT2D eigenvalue weighted by molar-refractivity contribution is 6.08. The third kappa shape index (κ3) is 2.08. The van der Waals surface area contributed by atoms with Crippen LogP contribution in [0.15, 0.2) is 72.8 Å². The number of rotatable bonds is 2. The van der Waals surface area contributed by atoms with Crippen LogP contribution < -0.4 is 5.73 Å². The van der Waals surface area contributed by atoms with Gasteiger partial charge in [0.25, 0.3) is 5.69 Å². The van der Waals surface area contributed by atoms with E-state index in [1.165, 1.54) is 0 Å². The van der Waals surface area contributed by atoms with Crippen molar-refractivity contribution < 1.29 is 4.92 Å². The first-order valence-corrected chi connectivity index (χ1v) is 7.60. The fraction of sp³-hybridized carbons (Fsp3) is 0. The molecule has 4 aromatic rings. The van der Waals surface area contributed by atoms with Gasteiger partial charge < -0.3 is 5.73 Å². The lowest BCUT2D eigenvalue weighted by Gasteiger charge is -2.12. The topological polar surface area (TPSA) is 69.2 Å². The van der Waals surface area contributed by atoms with Gasteiger partial charge in [-0.15, -0.1) is 0 Å². The molecular weight excluding hydrogens is 300 g/mol. The zero-order chi connectivity index (χ0) is 16.7. The van der Waals surface area contributed by atoms with Crippen LogP contribution in [0.3, 0.4) is 0 Å². The van der Waals surface area contributed by atoms with Crippen molar-refractivity contribution in [3.63, 3.8) is 0 Å². The summed E-state index contributed by atoms with van der Waals surface area (Å²) in [6.07, 6.45) is 0. The van der Waals surface area contributed by atoms with Crippen LogP contribution in [0.2, 0.25) is 0 Å². The molecule has 0 aliphatic rings. The summed E-state index contributed by atoms with van der Waals surface area (Å²) < 4.78 is 0. The van der Waals surface area contributed by atoms with E-state index in [1.54, 1.807) is 12.1 Å². The van der Waals surface area contributed by atoms with Crippen molar-refractivity contribution in [2.45, 2.75) is 0 Å². The van der Waals surface area contributed by atoms with Crippen LogP contribution in [0.5, 0.6) is 0 Å². The fourth-order valence-corrected chi connectivity index (χ4v) is 3.21. The summed E-state index contributed by atoms with van der Waals surface area (Å²) in [7, 11) is 0. The molecule has 0 fully saturated rings. The second kappa shape index (κ2) is 5.35. The molecule has 116 valence electrons. The Morgan fingerprint density at radius 2 is 1.33 bits per heavy atom. The monoisotopic (exact) mass is 314 g/mol. The van der Waals surface area contributed by atoms with E-state index in [9.17, 15) is 10.1 Å². The molecule has 2 N–H and O–H groups in total. The molecule has 0 aliphatic heterocycles. The van der Waals surface area contributed by atoms with Gasteiger partial charge in [-0.25, -0.2) is 0 Å². The van der Waals surface area contributed by atoms with Gasteiger partial charge >= 0.3 is 0 Å². The first-order chi connectivity index (χ1) is 11.7. The third-order valence-electron chi connectivity index (χ3n) is 4.34. The lowest BCUT2D eigenvalue weighted by Crippen LogP contribution is -1.97. The summed E-state index contributed by atoms with van der Waals surface area (Å²) >= 11 is 0. The maximum Gasteiger partial charge on any atom is 0.277 e. The maximum absolute atomic E-state index is 11.6. The highest BCUT2D eigenvalue weighted by Gasteiger charge is 2.20. The number of nitrogen functional groups attached to an aromatic ring is 1. The van der Waals surface area contributed by atoms with Crippen LogP contribution in [-0.4, -0.2) is 4.92 Å². The number of fused-ring (bicyclic) bond motifs is 2. The second-order valence-electron chi connectivity index (χ2n) is 5.69. The number of nitrogens with zero attached hydrogens (tertiary/aromatic N) is 1. The van der Waals surface area contributed by atoms with Crippen molar-refractivity contribution in [3.05, 3.63) is 82.9 Å². The van der Waals surface area contributed by atoms with Crippen LogP contribution >= 0.6 is 0 Å². The van der Waals surface area contributed by atoms with Crippen LogP contribution in [0.25, 0.3) is 32.7 Å². The van der Waals surface area contributed by atoms with E-state index < -0.39 is 0 Å². The number of nitrogens with two attached hydrogens (primary N) is 1. The predicted octanol–water partition coefficient (Wildman–Crippen LogP) is 5.15. The van der Waals surface area contributed by atoms with Gasteiger partial charge in [-0.1, -0.05) is 60.7 Å². The van der Waals surface area contributed by atoms with Gasteiger partial charge in [0.1, 0.15) is 0 Å². The van der Waals surface area contributed by atoms with E-state index in [-0.39, 0.29) is 10.6 Å². The van der Waals surface area contributed by atoms with E-state index in [2.05, 4.69) is 0 Å². The number of nitro benzene ring substituents is 1. The van der Waals surface area contributed by atoms with Crippen molar-refractivity contribution in [2.24, 2.45) is 0 Å². The Hall–Kier alpha value is -3.40. The molecule has 0 unspecified atom stereocenters. The largest absolute Gasteiger partial charge is 0.398 e. The molecule has 0 spiro atoms. The molecule has 0 saturated carbocycles. The minimum atomic E-state index is -0.351. The maximum atomic E-state index is 11.6. The molecule has 24 heavy (non-hydrogen) atoms. The number of hydrogen-bond donors (Lipinski definition) is 1. The number of benzene rings is 4. The molecule has 0 radical (unpaired) electrons. The molecule has 0 aromatic heterocycles. The van der Waals surface area contributed by atoms with Gasteiger partial charge in [-0.2, -0.15) is 0 Å². The molecule has 4 aromatic carbocycles. The van der Waals surface area contributed by atoms with Gasteiger partial charge in [0, 0.05) is 22.7 Å². The molecule has 0 amide bonds. The molecule has 0 saturated heterocycles. The Labute approximate surface area is 138 Å². The molecule has 4 rings (SSSR count). The van der Waals surface area contributed by atoms with Gasteiger partial charge in [-0.3, -0.25) is 10.1 Å². The fourth-order valence-electron chi connectivity index (χ4n) is 3.21. The Morgan fingerprint density at radius 1 is 0.750 bits per heavy atom. The molecule has 0 heterocycles. The summed E-state index contributed by atoms with van der Waals surface area (Å²) in [5.74, 6) is 0. The molecule has 0 bridgehead atoms. The Balaban J connectivity index is 2.15. The van der Waals surface area contributed by atoms with Crippen molar-refractivity contribution in [3.8, 4) is 11.1 Å². The Kier molecular flexibility index (Phi) is 3.17. The molecule has 4 heteroatoms. The summed E-state index contributed by atoms with van der Waals surface area (Å²) in [4.78, 5) is 11.2. The van der Waals surface area contributed by atoms with E-state index >= 15 is 0 Å². The molecule has 0 atom stereocenters. The highest BCUT2D eigenvalue weighted by Crippen LogP contribution is 2.41. The third-order valence-corrected chi connectivity index (χ3v) is 4.34. The predicted molar refractivity (Wildman–Crippen MR) is 98.0 cm³/mol. The van der Waals surface area contributed by atoms with E-state index in [0.29, 0.717) is 16.8 Å². The van der Waals surface area contributed by atoms with Crippen LogP contribution in [0, 0.1) is 10.1 Å². The first-order valence-electron chi connectivity index (χ1n) is 7.60. The Bertz CT molecular complexity index is 1100.